The van der Waals surface area contributed by atoms with E-state index in [-0.39, 0.29) is 5.91 Å². The first-order valence-electron chi connectivity index (χ1n) is 5.60. The van der Waals surface area contributed by atoms with Crippen LogP contribution >= 0.6 is 0 Å². The van der Waals surface area contributed by atoms with Gasteiger partial charge in [-0.25, -0.2) is 0 Å². The second-order valence-corrected chi connectivity index (χ2v) is 3.80. The molecule has 1 rings (SSSR count). The predicted octanol–water partition coefficient (Wildman–Crippen LogP) is 2.21. The summed E-state index contributed by atoms with van der Waals surface area (Å²) in [5.41, 5.74) is 2.47. The number of carbonyl (C=O) groups excluding carboxylic acids is 1. The Hall–Kier alpha value is -1.51. The van der Waals surface area contributed by atoms with Gasteiger partial charge in [0.2, 0.25) is 5.91 Å². The van der Waals surface area contributed by atoms with E-state index in [9.17, 15) is 4.79 Å². The third-order valence-corrected chi connectivity index (χ3v) is 2.49. The highest BCUT2D eigenvalue weighted by Crippen LogP contribution is 2.15. The summed E-state index contributed by atoms with van der Waals surface area (Å²) in [4.78, 5) is 11.0. The molecule has 1 aromatic rings. The maximum absolute atomic E-state index is 11.0. The van der Waals surface area contributed by atoms with Gasteiger partial charge in [-0.2, -0.15) is 0 Å². The molecule has 3 heteroatoms. The van der Waals surface area contributed by atoms with Crippen LogP contribution in [0, 0.1) is 13.8 Å². The molecule has 0 aliphatic rings. The summed E-state index contributed by atoms with van der Waals surface area (Å²) in [6.07, 6.45) is 0.517. The van der Waals surface area contributed by atoms with Crippen LogP contribution in [0.2, 0.25) is 0 Å². The molecule has 0 aliphatic carbocycles. The van der Waals surface area contributed by atoms with Crippen molar-refractivity contribution >= 4 is 5.91 Å². The van der Waals surface area contributed by atoms with Crippen LogP contribution in [0.5, 0.6) is 5.75 Å². The molecule has 0 unspecified atom stereocenters. The zero-order chi connectivity index (χ0) is 12.0. The minimum Gasteiger partial charge on any atom is -0.492 e. The van der Waals surface area contributed by atoms with Gasteiger partial charge < -0.3 is 10.1 Å². The second-order valence-electron chi connectivity index (χ2n) is 3.80. The largest absolute Gasteiger partial charge is 0.492 e. The van der Waals surface area contributed by atoms with Crippen LogP contribution in [0.25, 0.3) is 0 Å². The van der Waals surface area contributed by atoms with Crippen molar-refractivity contribution in [2.24, 2.45) is 0 Å². The average Bonchev–Trinajstić information content (AvgIpc) is 2.28. The van der Waals surface area contributed by atoms with Gasteiger partial charge in [-0.15, -0.1) is 0 Å². The second kappa shape index (κ2) is 6.16. The van der Waals surface area contributed by atoms with E-state index in [4.69, 9.17) is 4.74 Å². The minimum atomic E-state index is 0.0590. The highest BCUT2D eigenvalue weighted by molar-refractivity contribution is 5.75. The Balaban J connectivity index is 2.32. The summed E-state index contributed by atoms with van der Waals surface area (Å²) in [7, 11) is 0. The standard InChI is InChI=1S/C13H19NO2/c1-4-13(15)14-7-8-16-12-6-5-10(2)11(3)9-12/h5-6,9H,4,7-8H2,1-3H3,(H,14,15). The number of carbonyl (C=O) groups is 1. The van der Waals surface area contributed by atoms with Gasteiger partial charge in [0, 0.05) is 6.42 Å². The lowest BCUT2D eigenvalue weighted by Gasteiger charge is -2.08. The summed E-state index contributed by atoms with van der Waals surface area (Å²) in [5, 5.41) is 2.76. The Bertz CT molecular complexity index is 361. The Labute approximate surface area is 96.8 Å². The number of ether oxygens (including phenoxy) is 1. The van der Waals surface area contributed by atoms with E-state index in [1.165, 1.54) is 11.1 Å². The third-order valence-electron chi connectivity index (χ3n) is 2.49. The van der Waals surface area contributed by atoms with Crippen molar-refractivity contribution in [3.05, 3.63) is 29.3 Å². The summed E-state index contributed by atoms with van der Waals surface area (Å²) in [6, 6.07) is 6.00. The summed E-state index contributed by atoms with van der Waals surface area (Å²) in [5.74, 6) is 0.914. The average molecular weight is 221 g/mol. The van der Waals surface area contributed by atoms with Crippen LogP contribution in [0.15, 0.2) is 18.2 Å². The molecule has 0 bridgehead atoms. The number of aryl methyl sites for hydroxylation is 2. The summed E-state index contributed by atoms with van der Waals surface area (Å²) >= 11 is 0. The number of rotatable bonds is 5. The molecule has 0 atom stereocenters. The van der Waals surface area contributed by atoms with E-state index >= 15 is 0 Å². The van der Waals surface area contributed by atoms with Crippen molar-refractivity contribution in [2.75, 3.05) is 13.2 Å². The molecule has 3 nitrogen and oxygen atoms in total. The molecule has 1 amide bonds. The molecule has 0 saturated heterocycles. The molecular weight excluding hydrogens is 202 g/mol. The maximum Gasteiger partial charge on any atom is 0.219 e. The molecule has 88 valence electrons. The highest BCUT2D eigenvalue weighted by atomic mass is 16.5. The van der Waals surface area contributed by atoms with Gasteiger partial charge in [-0.05, 0) is 37.1 Å². The number of hydrogen-bond donors (Lipinski definition) is 1. The van der Waals surface area contributed by atoms with Crippen LogP contribution in [0.4, 0.5) is 0 Å². The van der Waals surface area contributed by atoms with Gasteiger partial charge >= 0.3 is 0 Å². The molecule has 0 aliphatic heterocycles. The summed E-state index contributed by atoms with van der Waals surface area (Å²) in [6.45, 7) is 7.02. The lowest BCUT2D eigenvalue weighted by Crippen LogP contribution is -2.27. The molecule has 0 heterocycles. The number of nitrogens with one attached hydrogen (secondary N) is 1. The lowest BCUT2D eigenvalue weighted by atomic mass is 10.1. The number of benzene rings is 1. The van der Waals surface area contributed by atoms with Crippen molar-refractivity contribution in [1.29, 1.82) is 0 Å². The Morgan fingerprint density at radius 2 is 2.06 bits per heavy atom. The van der Waals surface area contributed by atoms with Crippen LogP contribution in [-0.2, 0) is 4.79 Å². The van der Waals surface area contributed by atoms with E-state index in [1.807, 2.05) is 25.1 Å². The molecule has 0 aromatic heterocycles. The first-order chi connectivity index (χ1) is 7.63. The minimum absolute atomic E-state index is 0.0590. The van der Waals surface area contributed by atoms with Crippen molar-refractivity contribution < 1.29 is 9.53 Å². The molecule has 0 spiro atoms. The van der Waals surface area contributed by atoms with Crippen molar-refractivity contribution in [3.63, 3.8) is 0 Å². The van der Waals surface area contributed by atoms with E-state index in [1.54, 1.807) is 0 Å². The van der Waals surface area contributed by atoms with E-state index in [2.05, 4.69) is 19.2 Å². The number of hydrogen-bond acceptors (Lipinski definition) is 2. The molecular formula is C13H19NO2. The van der Waals surface area contributed by atoms with E-state index in [0.717, 1.165) is 5.75 Å². The smallest absolute Gasteiger partial charge is 0.219 e. The van der Waals surface area contributed by atoms with Crippen LogP contribution < -0.4 is 10.1 Å². The van der Waals surface area contributed by atoms with Gasteiger partial charge in [-0.1, -0.05) is 13.0 Å². The lowest BCUT2D eigenvalue weighted by molar-refractivity contribution is -0.120. The number of amides is 1. The van der Waals surface area contributed by atoms with Gasteiger partial charge in [0.1, 0.15) is 12.4 Å². The predicted molar refractivity (Wildman–Crippen MR) is 64.7 cm³/mol. The molecule has 1 aromatic carbocycles. The maximum atomic E-state index is 11.0. The van der Waals surface area contributed by atoms with Crippen molar-refractivity contribution in [1.82, 2.24) is 5.32 Å². The zero-order valence-corrected chi connectivity index (χ0v) is 10.2. The topological polar surface area (TPSA) is 38.3 Å². The quantitative estimate of drug-likeness (QED) is 0.774. The van der Waals surface area contributed by atoms with E-state index < -0.39 is 0 Å². The van der Waals surface area contributed by atoms with Crippen LogP contribution in [0.1, 0.15) is 24.5 Å². The van der Waals surface area contributed by atoms with Gasteiger partial charge in [0.15, 0.2) is 0 Å². The first kappa shape index (κ1) is 12.6. The summed E-state index contributed by atoms with van der Waals surface area (Å²) < 4.78 is 5.52. The fraction of sp³-hybridized carbons (Fsp3) is 0.462. The fourth-order valence-electron chi connectivity index (χ4n) is 1.29. The highest BCUT2D eigenvalue weighted by Gasteiger charge is 1.98. The zero-order valence-electron chi connectivity index (χ0n) is 10.2. The van der Waals surface area contributed by atoms with E-state index in [0.29, 0.717) is 19.6 Å². The Morgan fingerprint density at radius 1 is 1.31 bits per heavy atom. The first-order valence-corrected chi connectivity index (χ1v) is 5.60. The third kappa shape index (κ3) is 3.93. The normalized spacial score (nSPS) is 9.94. The monoisotopic (exact) mass is 221 g/mol. The van der Waals surface area contributed by atoms with Crippen molar-refractivity contribution in [2.45, 2.75) is 27.2 Å². The fourth-order valence-corrected chi connectivity index (χ4v) is 1.29. The van der Waals surface area contributed by atoms with Gasteiger partial charge in [0.25, 0.3) is 0 Å². The van der Waals surface area contributed by atoms with Gasteiger partial charge in [0.05, 0.1) is 6.54 Å². The molecule has 0 fully saturated rings. The van der Waals surface area contributed by atoms with Crippen LogP contribution in [0.3, 0.4) is 0 Å². The molecule has 0 saturated carbocycles. The Kier molecular flexibility index (Phi) is 4.83. The molecule has 16 heavy (non-hydrogen) atoms. The van der Waals surface area contributed by atoms with Crippen LogP contribution in [-0.4, -0.2) is 19.1 Å². The molecule has 1 N–H and O–H groups in total. The Morgan fingerprint density at radius 3 is 2.69 bits per heavy atom. The SMILES string of the molecule is CCC(=O)NCCOc1ccc(C)c(C)c1. The molecule has 0 radical (unpaired) electrons. The van der Waals surface area contributed by atoms with Gasteiger partial charge in [-0.3, -0.25) is 4.79 Å². The van der Waals surface area contributed by atoms with Crippen molar-refractivity contribution in [3.8, 4) is 5.75 Å².